The number of benzene rings is 3. The fourth-order valence-electron chi connectivity index (χ4n) is 6.14. The number of fused-ring (bicyclic) bond motifs is 5. The normalized spacial score (nSPS) is 20.4. The Bertz CT molecular complexity index is 1370. The standard InChI is InChI=1S/C30H25F4NO3/c31-28-16-21(38-30(32,33)34)12-13-22(28)18-14-19-6-5-7-20(15-18)35(19)29(36)37-17-27-25-10-3-1-8-23(25)24-9-2-4-11-26(24)27/h1-4,8-14,16,19-20,27H,5-7,15,17H2. The predicted molar refractivity (Wildman–Crippen MR) is 134 cm³/mol. The topological polar surface area (TPSA) is 38.8 Å². The minimum absolute atomic E-state index is 0.0476. The van der Waals surface area contributed by atoms with Crippen LogP contribution < -0.4 is 4.74 Å². The van der Waals surface area contributed by atoms with Gasteiger partial charge in [-0.2, -0.15) is 0 Å². The number of carbonyl (C=O) groups excluding carboxylic acids is 1. The Labute approximate surface area is 217 Å². The number of alkyl halides is 3. The number of nitrogens with zero attached hydrogens (tertiary/aromatic N) is 1. The lowest BCUT2D eigenvalue weighted by Gasteiger charge is -2.44. The Hall–Kier alpha value is -3.81. The zero-order chi connectivity index (χ0) is 26.4. The van der Waals surface area contributed by atoms with Gasteiger partial charge < -0.3 is 9.47 Å². The second kappa shape index (κ2) is 9.49. The van der Waals surface area contributed by atoms with Crippen molar-refractivity contribution in [1.82, 2.24) is 4.90 Å². The summed E-state index contributed by atoms with van der Waals surface area (Å²) in [5.74, 6) is -1.44. The van der Waals surface area contributed by atoms with Crippen molar-refractivity contribution in [3.63, 3.8) is 0 Å². The summed E-state index contributed by atoms with van der Waals surface area (Å²) in [6, 6.07) is 19.0. The molecule has 196 valence electrons. The van der Waals surface area contributed by atoms with E-state index < -0.39 is 24.0 Å². The van der Waals surface area contributed by atoms with Gasteiger partial charge in [0, 0.05) is 23.6 Å². The average molecular weight is 524 g/mol. The summed E-state index contributed by atoms with van der Waals surface area (Å²) < 4.78 is 62.0. The van der Waals surface area contributed by atoms with Gasteiger partial charge in [0.15, 0.2) is 0 Å². The maximum atomic E-state index is 14.8. The molecule has 0 radical (unpaired) electrons. The largest absolute Gasteiger partial charge is 0.573 e. The SMILES string of the molecule is O=C(OCC1c2ccccc2-c2ccccc21)N1C2C=C(c3ccc(OC(F)(F)F)cc3F)CC1CCC2. The van der Waals surface area contributed by atoms with Crippen LogP contribution in [0.25, 0.3) is 16.7 Å². The number of ether oxygens (including phenoxy) is 2. The van der Waals surface area contributed by atoms with Crippen molar-refractivity contribution in [2.75, 3.05) is 6.61 Å². The summed E-state index contributed by atoms with van der Waals surface area (Å²) in [7, 11) is 0. The van der Waals surface area contributed by atoms with E-state index in [1.165, 1.54) is 6.07 Å². The Kier molecular flexibility index (Phi) is 6.13. The van der Waals surface area contributed by atoms with E-state index >= 15 is 0 Å². The Balaban J connectivity index is 1.19. The highest BCUT2D eigenvalue weighted by Crippen LogP contribution is 2.45. The lowest BCUT2D eigenvalue weighted by Crippen LogP contribution is -2.52. The summed E-state index contributed by atoms with van der Waals surface area (Å²) >= 11 is 0. The van der Waals surface area contributed by atoms with Crippen LogP contribution in [0.1, 0.15) is 48.3 Å². The molecule has 3 aromatic rings. The second-order valence-corrected chi connectivity index (χ2v) is 9.95. The van der Waals surface area contributed by atoms with E-state index in [-0.39, 0.29) is 30.2 Å². The average Bonchev–Trinajstić information content (AvgIpc) is 3.19. The molecule has 2 aliphatic heterocycles. The zero-order valence-corrected chi connectivity index (χ0v) is 20.4. The highest BCUT2D eigenvalue weighted by molar-refractivity contribution is 5.79. The monoisotopic (exact) mass is 523 g/mol. The molecule has 38 heavy (non-hydrogen) atoms. The molecule has 3 aliphatic rings. The number of piperidine rings is 1. The number of carbonyl (C=O) groups is 1. The highest BCUT2D eigenvalue weighted by Gasteiger charge is 2.39. The quantitative estimate of drug-likeness (QED) is 0.329. The minimum Gasteiger partial charge on any atom is -0.448 e. The Morgan fingerprint density at radius 3 is 2.24 bits per heavy atom. The van der Waals surface area contributed by atoms with Crippen LogP contribution in [0, 0.1) is 5.82 Å². The molecule has 1 amide bonds. The lowest BCUT2D eigenvalue weighted by molar-refractivity contribution is -0.274. The Morgan fingerprint density at radius 2 is 1.61 bits per heavy atom. The highest BCUT2D eigenvalue weighted by atomic mass is 19.4. The van der Waals surface area contributed by atoms with Gasteiger partial charge in [0.1, 0.15) is 18.2 Å². The van der Waals surface area contributed by atoms with E-state index in [9.17, 15) is 22.4 Å². The molecule has 2 atom stereocenters. The minimum atomic E-state index is -4.89. The molecule has 8 heteroatoms. The molecule has 2 unspecified atom stereocenters. The van der Waals surface area contributed by atoms with Crippen molar-refractivity contribution >= 4 is 11.7 Å². The fourth-order valence-corrected chi connectivity index (χ4v) is 6.14. The van der Waals surface area contributed by atoms with E-state index in [1.54, 1.807) is 4.90 Å². The fraction of sp³-hybridized carbons (Fsp3) is 0.300. The molecule has 1 aliphatic carbocycles. The summed E-state index contributed by atoms with van der Waals surface area (Å²) in [5, 5.41) is 0. The molecule has 0 N–H and O–H groups in total. The van der Waals surface area contributed by atoms with Crippen LogP contribution in [-0.2, 0) is 4.74 Å². The van der Waals surface area contributed by atoms with Crippen LogP contribution in [0.4, 0.5) is 22.4 Å². The van der Waals surface area contributed by atoms with Gasteiger partial charge in [0.2, 0.25) is 0 Å². The summed E-state index contributed by atoms with van der Waals surface area (Å²) in [6.45, 7) is 0.217. The van der Waals surface area contributed by atoms with Crippen molar-refractivity contribution in [3.05, 3.63) is 95.3 Å². The summed E-state index contributed by atoms with van der Waals surface area (Å²) in [6.07, 6.45) is -0.662. The van der Waals surface area contributed by atoms with E-state index in [0.29, 0.717) is 18.4 Å². The van der Waals surface area contributed by atoms with Gasteiger partial charge in [-0.25, -0.2) is 9.18 Å². The van der Waals surface area contributed by atoms with E-state index in [4.69, 9.17) is 4.74 Å². The molecular formula is C30H25F4NO3. The summed E-state index contributed by atoms with van der Waals surface area (Å²) in [4.78, 5) is 15.1. The first-order chi connectivity index (χ1) is 18.3. The number of rotatable bonds is 4. The molecule has 2 bridgehead atoms. The maximum absolute atomic E-state index is 14.8. The van der Waals surface area contributed by atoms with Crippen molar-refractivity contribution in [3.8, 4) is 16.9 Å². The third-order valence-corrected chi connectivity index (χ3v) is 7.70. The van der Waals surface area contributed by atoms with Crippen molar-refractivity contribution in [1.29, 1.82) is 0 Å². The van der Waals surface area contributed by atoms with Crippen LogP contribution in [-0.4, -0.2) is 36.0 Å². The van der Waals surface area contributed by atoms with Gasteiger partial charge in [-0.3, -0.25) is 4.90 Å². The lowest BCUT2D eigenvalue weighted by atomic mass is 9.83. The van der Waals surface area contributed by atoms with Crippen LogP contribution in [0.5, 0.6) is 5.75 Å². The first kappa shape index (κ1) is 24.5. The van der Waals surface area contributed by atoms with Gasteiger partial charge in [0.05, 0.1) is 6.04 Å². The summed E-state index contributed by atoms with van der Waals surface area (Å²) in [5.41, 5.74) is 5.48. The first-order valence-electron chi connectivity index (χ1n) is 12.7. The van der Waals surface area contributed by atoms with Gasteiger partial charge in [-0.1, -0.05) is 54.6 Å². The smallest absolute Gasteiger partial charge is 0.448 e. The van der Waals surface area contributed by atoms with E-state index in [2.05, 4.69) is 29.0 Å². The van der Waals surface area contributed by atoms with Crippen LogP contribution in [0.3, 0.4) is 0 Å². The molecule has 0 aromatic heterocycles. The third-order valence-electron chi connectivity index (χ3n) is 7.70. The Morgan fingerprint density at radius 1 is 0.921 bits per heavy atom. The molecule has 4 nitrogen and oxygen atoms in total. The number of amides is 1. The predicted octanol–water partition coefficient (Wildman–Crippen LogP) is 7.68. The van der Waals surface area contributed by atoms with Crippen molar-refractivity contribution < 1.29 is 31.8 Å². The number of hydrogen-bond donors (Lipinski definition) is 0. The van der Waals surface area contributed by atoms with Gasteiger partial charge in [-0.05, 0) is 65.6 Å². The molecule has 2 heterocycles. The number of hydrogen-bond acceptors (Lipinski definition) is 3. The van der Waals surface area contributed by atoms with Gasteiger partial charge >= 0.3 is 12.5 Å². The molecule has 1 saturated heterocycles. The maximum Gasteiger partial charge on any atom is 0.573 e. The van der Waals surface area contributed by atoms with Crippen LogP contribution in [0.2, 0.25) is 0 Å². The molecular weight excluding hydrogens is 498 g/mol. The van der Waals surface area contributed by atoms with E-state index in [0.717, 1.165) is 47.2 Å². The van der Waals surface area contributed by atoms with Gasteiger partial charge in [-0.15, -0.1) is 13.2 Å². The third kappa shape index (κ3) is 4.52. The van der Waals surface area contributed by atoms with E-state index in [1.807, 2.05) is 30.3 Å². The molecule has 0 saturated carbocycles. The molecule has 6 rings (SSSR count). The van der Waals surface area contributed by atoms with Crippen LogP contribution in [0.15, 0.2) is 72.8 Å². The second-order valence-electron chi connectivity index (χ2n) is 9.95. The molecule has 0 spiro atoms. The zero-order valence-electron chi connectivity index (χ0n) is 20.4. The molecule has 3 aromatic carbocycles. The van der Waals surface area contributed by atoms with Crippen molar-refractivity contribution in [2.24, 2.45) is 0 Å². The van der Waals surface area contributed by atoms with Crippen LogP contribution >= 0.6 is 0 Å². The molecule has 1 fully saturated rings. The van der Waals surface area contributed by atoms with Gasteiger partial charge in [0.25, 0.3) is 0 Å². The number of halogens is 4. The van der Waals surface area contributed by atoms with Crippen molar-refractivity contribution in [2.45, 2.75) is 50.0 Å². The first-order valence-corrected chi connectivity index (χ1v) is 12.7.